The van der Waals surface area contributed by atoms with Crippen LogP contribution in [0.2, 0.25) is 0 Å². The average molecular weight is 549 g/mol. The number of hydrogen-bond acceptors (Lipinski definition) is 4. The van der Waals surface area contributed by atoms with Crippen LogP contribution in [-0.2, 0) is 0 Å². The van der Waals surface area contributed by atoms with Gasteiger partial charge in [0.1, 0.15) is 0 Å². The van der Waals surface area contributed by atoms with Gasteiger partial charge in [-0.2, -0.15) is 0 Å². The first-order chi connectivity index (χ1) is 20.0. The number of nitro benzene ring substituents is 1. The Bertz CT molecular complexity index is 1790. The molecule has 0 saturated heterocycles. The largest absolute Gasteiger partial charge is 0.278 e. The summed E-state index contributed by atoms with van der Waals surface area (Å²) < 4.78 is 0. The lowest BCUT2D eigenvalue weighted by Crippen LogP contribution is -2.47. The highest BCUT2D eigenvalue weighted by atomic mass is 16.6. The number of nitro groups is 1. The highest BCUT2D eigenvalue weighted by molar-refractivity contribution is 6.39. The SMILES string of the molecule is CCCCCCC(CCCCCC)N1C(=O)c2ccc3c4cccc5cccc(c6c([N+](=O)[O-])cc(c2c36)C1=O)c54. The Morgan fingerprint density at radius 3 is 1.93 bits per heavy atom. The number of fused-ring (bicyclic) bond motifs is 2. The molecule has 1 aliphatic heterocycles. The van der Waals surface area contributed by atoms with Crippen LogP contribution in [0.15, 0.2) is 54.6 Å². The summed E-state index contributed by atoms with van der Waals surface area (Å²) in [7, 11) is 0. The van der Waals surface area contributed by atoms with Gasteiger partial charge < -0.3 is 0 Å². The third-order valence-corrected chi connectivity index (χ3v) is 8.97. The standard InChI is InChI=1S/C35H36N2O4/c1-3-5-7-9-15-23(16-10-8-6-4-2)36-34(38)27-20-19-25-24-17-11-13-22-14-12-18-26(30(22)24)32-29(37(40)41)21-28(35(36)39)31(27)33(25)32/h11-14,17-21,23H,3-10,15-16H2,1-2H3. The molecule has 210 valence electrons. The molecular formula is C35H36N2O4. The third kappa shape index (κ3) is 4.41. The van der Waals surface area contributed by atoms with Gasteiger partial charge in [-0.15, -0.1) is 0 Å². The normalized spacial score (nSPS) is 13.6. The van der Waals surface area contributed by atoms with Crippen molar-refractivity contribution < 1.29 is 14.5 Å². The zero-order valence-corrected chi connectivity index (χ0v) is 23.9. The Labute approximate surface area is 239 Å². The van der Waals surface area contributed by atoms with Gasteiger partial charge in [-0.1, -0.05) is 108 Å². The summed E-state index contributed by atoms with van der Waals surface area (Å²) >= 11 is 0. The van der Waals surface area contributed by atoms with E-state index in [2.05, 4.69) is 13.8 Å². The Balaban J connectivity index is 1.56. The number of nitrogens with zero attached hydrogens (tertiary/aromatic N) is 2. The number of amides is 2. The number of imide groups is 1. The van der Waals surface area contributed by atoms with Crippen LogP contribution in [-0.4, -0.2) is 27.7 Å². The van der Waals surface area contributed by atoms with E-state index in [0.29, 0.717) is 21.7 Å². The van der Waals surface area contributed by atoms with Crippen molar-refractivity contribution >= 4 is 60.6 Å². The van der Waals surface area contributed by atoms with E-state index in [1.165, 1.54) is 11.0 Å². The predicted octanol–water partition coefficient (Wildman–Crippen LogP) is 9.55. The van der Waals surface area contributed by atoms with E-state index in [0.717, 1.165) is 91.1 Å². The minimum atomic E-state index is -0.401. The molecule has 0 atom stereocenters. The van der Waals surface area contributed by atoms with Gasteiger partial charge in [0, 0.05) is 28.4 Å². The number of non-ortho nitro benzene ring substituents is 1. The van der Waals surface area contributed by atoms with Gasteiger partial charge in [0.15, 0.2) is 0 Å². The predicted molar refractivity (Wildman–Crippen MR) is 166 cm³/mol. The molecule has 0 spiro atoms. The summed E-state index contributed by atoms with van der Waals surface area (Å²) in [5.74, 6) is -0.677. The van der Waals surface area contributed by atoms with Crippen molar-refractivity contribution in [3.63, 3.8) is 0 Å². The summed E-state index contributed by atoms with van der Waals surface area (Å²) in [6.07, 6.45) is 10.0. The van der Waals surface area contributed by atoms with Gasteiger partial charge in [0.2, 0.25) is 0 Å². The maximum absolute atomic E-state index is 14.3. The summed E-state index contributed by atoms with van der Waals surface area (Å²) in [6, 6.07) is 16.8. The van der Waals surface area contributed by atoms with E-state index in [4.69, 9.17) is 0 Å². The molecule has 0 radical (unpaired) electrons. The summed E-state index contributed by atoms with van der Waals surface area (Å²) in [6.45, 7) is 4.33. The Hall–Kier alpha value is -4.06. The van der Waals surface area contributed by atoms with Crippen molar-refractivity contribution in [3.8, 4) is 0 Å². The van der Waals surface area contributed by atoms with Gasteiger partial charge in [-0.05, 0) is 45.8 Å². The van der Waals surface area contributed by atoms with E-state index in [9.17, 15) is 19.7 Å². The zero-order valence-electron chi connectivity index (χ0n) is 23.9. The summed E-state index contributed by atoms with van der Waals surface area (Å²) in [4.78, 5) is 42.1. The molecule has 0 fully saturated rings. The lowest BCUT2D eigenvalue weighted by Gasteiger charge is -2.34. The number of rotatable bonds is 12. The molecule has 6 nitrogen and oxygen atoms in total. The lowest BCUT2D eigenvalue weighted by molar-refractivity contribution is -0.383. The Morgan fingerprint density at radius 1 is 0.683 bits per heavy atom. The van der Waals surface area contributed by atoms with Crippen LogP contribution in [0.4, 0.5) is 5.69 Å². The third-order valence-electron chi connectivity index (χ3n) is 8.97. The first-order valence-corrected chi connectivity index (χ1v) is 15.2. The van der Waals surface area contributed by atoms with Crippen LogP contribution in [0.5, 0.6) is 0 Å². The molecule has 5 aromatic rings. The molecule has 1 aliphatic rings. The zero-order chi connectivity index (χ0) is 28.7. The molecule has 6 heteroatoms. The highest BCUT2D eigenvalue weighted by Crippen LogP contribution is 2.47. The molecule has 0 unspecified atom stereocenters. The van der Waals surface area contributed by atoms with E-state index in [1.54, 1.807) is 0 Å². The van der Waals surface area contributed by atoms with Crippen LogP contribution >= 0.6 is 0 Å². The maximum Gasteiger partial charge on any atom is 0.278 e. The van der Waals surface area contributed by atoms with Crippen LogP contribution < -0.4 is 0 Å². The van der Waals surface area contributed by atoms with Crippen LogP contribution in [0, 0.1) is 10.1 Å². The highest BCUT2D eigenvalue weighted by Gasteiger charge is 2.39. The maximum atomic E-state index is 14.3. The van der Waals surface area contributed by atoms with Crippen molar-refractivity contribution in [1.82, 2.24) is 4.90 Å². The molecular weight excluding hydrogens is 512 g/mol. The smallest absolute Gasteiger partial charge is 0.271 e. The molecule has 0 aromatic heterocycles. The fourth-order valence-electron chi connectivity index (χ4n) is 7.01. The van der Waals surface area contributed by atoms with E-state index in [-0.39, 0.29) is 28.1 Å². The van der Waals surface area contributed by atoms with E-state index < -0.39 is 5.91 Å². The van der Waals surface area contributed by atoms with E-state index >= 15 is 0 Å². The molecule has 1 heterocycles. The second kappa shape index (κ2) is 11.1. The number of hydrogen-bond donors (Lipinski definition) is 0. The second-order valence-corrected chi connectivity index (χ2v) is 11.5. The number of carbonyl (C=O) groups excluding carboxylic acids is 2. The molecule has 0 N–H and O–H groups in total. The lowest BCUT2D eigenvalue weighted by atomic mass is 9.83. The van der Waals surface area contributed by atoms with Crippen molar-refractivity contribution in [2.75, 3.05) is 0 Å². The second-order valence-electron chi connectivity index (χ2n) is 11.5. The summed E-state index contributed by atoms with van der Waals surface area (Å²) in [5, 5.41) is 18.8. The first kappa shape index (κ1) is 27.1. The topological polar surface area (TPSA) is 80.5 Å². The molecule has 0 bridgehead atoms. The number of carbonyl (C=O) groups is 2. The van der Waals surface area contributed by atoms with Crippen molar-refractivity contribution in [3.05, 3.63) is 75.8 Å². The van der Waals surface area contributed by atoms with Crippen LogP contribution in [0.1, 0.15) is 98.8 Å². The molecule has 6 rings (SSSR count). The first-order valence-electron chi connectivity index (χ1n) is 15.2. The minimum absolute atomic E-state index is 0.0852. The Kier molecular flexibility index (Phi) is 7.33. The summed E-state index contributed by atoms with van der Waals surface area (Å²) in [5.41, 5.74) is 0.650. The minimum Gasteiger partial charge on any atom is -0.271 e. The van der Waals surface area contributed by atoms with Gasteiger partial charge in [0.25, 0.3) is 17.5 Å². The molecule has 2 amide bonds. The quantitative estimate of drug-likeness (QED) is 0.0388. The number of benzene rings is 5. The van der Waals surface area contributed by atoms with Crippen molar-refractivity contribution in [2.24, 2.45) is 0 Å². The average Bonchev–Trinajstić information content (AvgIpc) is 2.98. The molecule has 41 heavy (non-hydrogen) atoms. The number of unbranched alkanes of at least 4 members (excludes halogenated alkanes) is 6. The van der Waals surface area contributed by atoms with Gasteiger partial charge in [0.05, 0.1) is 15.9 Å². The van der Waals surface area contributed by atoms with Crippen LogP contribution in [0.25, 0.3) is 43.1 Å². The molecule has 5 aromatic carbocycles. The van der Waals surface area contributed by atoms with Crippen molar-refractivity contribution in [2.45, 2.75) is 84.1 Å². The monoisotopic (exact) mass is 548 g/mol. The van der Waals surface area contributed by atoms with Gasteiger partial charge in [-0.25, -0.2) is 0 Å². The van der Waals surface area contributed by atoms with Gasteiger partial charge >= 0.3 is 0 Å². The van der Waals surface area contributed by atoms with Crippen LogP contribution in [0.3, 0.4) is 0 Å². The molecule has 0 saturated carbocycles. The van der Waals surface area contributed by atoms with E-state index in [1.807, 2.05) is 48.5 Å². The fourth-order valence-corrected chi connectivity index (χ4v) is 7.01. The van der Waals surface area contributed by atoms with Crippen molar-refractivity contribution in [1.29, 1.82) is 0 Å². The fraction of sp³-hybridized carbons (Fsp3) is 0.371. The Morgan fingerprint density at radius 2 is 1.29 bits per heavy atom. The van der Waals surface area contributed by atoms with Gasteiger partial charge in [-0.3, -0.25) is 24.6 Å². The molecule has 0 aliphatic carbocycles.